The first kappa shape index (κ1) is 14.0. The van der Waals surface area contributed by atoms with Gasteiger partial charge in [-0.1, -0.05) is 31.2 Å². The first-order valence-electron chi connectivity index (χ1n) is 5.92. The largest absolute Gasteiger partial charge is 0.374 e. The number of nitriles is 2. The average Bonchev–Trinajstić information content (AvgIpc) is 2.43. The highest BCUT2D eigenvalue weighted by Crippen LogP contribution is 2.15. The average molecular weight is 240 g/mol. The van der Waals surface area contributed by atoms with Gasteiger partial charge in [-0.15, -0.1) is 0 Å². The van der Waals surface area contributed by atoms with Crippen LogP contribution in [0.25, 0.3) is 6.08 Å². The smallest absolute Gasteiger partial charge is 0.130 e. The summed E-state index contributed by atoms with van der Waals surface area (Å²) in [5.41, 5.74) is 1.95. The fraction of sp³-hybridized carbons (Fsp3) is 0.333. The maximum atomic E-state index is 8.76. The van der Waals surface area contributed by atoms with Gasteiger partial charge in [0.1, 0.15) is 17.7 Å². The maximum Gasteiger partial charge on any atom is 0.130 e. The molecule has 1 rings (SSSR count). The molecule has 0 radical (unpaired) electrons. The molecule has 0 aliphatic heterocycles. The van der Waals surface area contributed by atoms with E-state index in [1.807, 2.05) is 43.3 Å². The van der Waals surface area contributed by atoms with Gasteiger partial charge in [0.15, 0.2) is 0 Å². The third-order valence-electron chi connectivity index (χ3n) is 2.69. The summed E-state index contributed by atoms with van der Waals surface area (Å²) < 4.78 is 5.67. The zero-order chi connectivity index (χ0) is 13.4. The zero-order valence-electron chi connectivity index (χ0n) is 10.7. The monoisotopic (exact) mass is 240 g/mol. The van der Waals surface area contributed by atoms with E-state index in [4.69, 9.17) is 15.3 Å². The van der Waals surface area contributed by atoms with Crippen LogP contribution in [0.2, 0.25) is 0 Å². The molecule has 0 amide bonds. The Kier molecular flexibility index (Phi) is 5.64. The Morgan fingerprint density at radius 2 is 2.00 bits per heavy atom. The van der Waals surface area contributed by atoms with E-state index in [9.17, 15) is 0 Å². The summed E-state index contributed by atoms with van der Waals surface area (Å²) in [6, 6.07) is 11.4. The third-order valence-corrected chi connectivity index (χ3v) is 2.69. The number of hydrogen-bond acceptors (Lipinski definition) is 3. The third kappa shape index (κ3) is 4.05. The molecule has 0 heterocycles. The standard InChI is InChI=1S/C15H16N2O/c1-3-12(2)18-11-15-7-5-4-6-14(15)8-13(9-16)10-17/h4-8,12H,3,11H2,1-2H3. The second-order valence-corrected chi connectivity index (χ2v) is 4.01. The Hall–Kier alpha value is -2.10. The van der Waals surface area contributed by atoms with Crippen LogP contribution in [0.3, 0.4) is 0 Å². The molecule has 92 valence electrons. The fourth-order valence-electron chi connectivity index (χ4n) is 1.40. The van der Waals surface area contributed by atoms with Gasteiger partial charge >= 0.3 is 0 Å². The Bertz CT molecular complexity index is 490. The van der Waals surface area contributed by atoms with E-state index in [0.29, 0.717) is 6.61 Å². The second kappa shape index (κ2) is 7.27. The molecule has 1 aromatic carbocycles. The van der Waals surface area contributed by atoms with Crippen LogP contribution in [0.1, 0.15) is 31.4 Å². The van der Waals surface area contributed by atoms with E-state index in [0.717, 1.165) is 17.5 Å². The van der Waals surface area contributed by atoms with E-state index in [-0.39, 0.29) is 11.7 Å². The molecule has 0 fully saturated rings. The van der Waals surface area contributed by atoms with Gasteiger partial charge < -0.3 is 4.74 Å². The van der Waals surface area contributed by atoms with Crippen LogP contribution in [0, 0.1) is 22.7 Å². The first-order chi connectivity index (χ1) is 8.71. The molecule has 0 N–H and O–H groups in total. The van der Waals surface area contributed by atoms with Crippen molar-refractivity contribution in [1.29, 1.82) is 10.5 Å². The molecule has 18 heavy (non-hydrogen) atoms. The van der Waals surface area contributed by atoms with Crippen LogP contribution in [0.15, 0.2) is 29.8 Å². The van der Waals surface area contributed by atoms with Gasteiger partial charge in [0.25, 0.3) is 0 Å². The summed E-state index contributed by atoms with van der Waals surface area (Å²) in [6.45, 7) is 4.58. The SMILES string of the molecule is CCC(C)OCc1ccccc1C=C(C#N)C#N. The molecule has 0 saturated carbocycles. The van der Waals surface area contributed by atoms with E-state index < -0.39 is 0 Å². The van der Waals surface area contributed by atoms with Crippen molar-refractivity contribution in [2.45, 2.75) is 33.0 Å². The molecular formula is C15H16N2O. The summed E-state index contributed by atoms with van der Waals surface area (Å²) in [4.78, 5) is 0. The summed E-state index contributed by atoms with van der Waals surface area (Å²) in [7, 11) is 0. The predicted octanol–water partition coefficient (Wildman–Crippen LogP) is 3.43. The minimum absolute atomic E-state index is 0.103. The van der Waals surface area contributed by atoms with Crippen LogP contribution in [0.4, 0.5) is 0 Å². The Labute approximate surface area is 108 Å². The van der Waals surface area contributed by atoms with E-state index in [2.05, 4.69) is 6.92 Å². The van der Waals surface area contributed by atoms with Crippen molar-refractivity contribution in [2.75, 3.05) is 0 Å². The number of nitrogens with zero attached hydrogens (tertiary/aromatic N) is 2. The van der Waals surface area contributed by atoms with Crippen LogP contribution in [0.5, 0.6) is 0 Å². The molecule has 0 aliphatic rings. The highest BCUT2D eigenvalue weighted by Gasteiger charge is 2.04. The van der Waals surface area contributed by atoms with E-state index >= 15 is 0 Å². The fourth-order valence-corrected chi connectivity index (χ4v) is 1.40. The van der Waals surface area contributed by atoms with Crippen molar-refractivity contribution >= 4 is 6.08 Å². The lowest BCUT2D eigenvalue weighted by molar-refractivity contribution is 0.0508. The molecule has 0 bridgehead atoms. The van der Waals surface area contributed by atoms with Gasteiger partial charge in [0.05, 0.1) is 12.7 Å². The molecule has 0 aliphatic carbocycles. The lowest BCUT2D eigenvalue weighted by atomic mass is 10.1. The summed E-state index contributed by atoms with van der Waals surface area (Å²) in [5.74, 6) is 0. The molecule has 0 saturated heterocycles. The number of allylic oxidation sites excluding steroid dienone is 1. The molecule has 1 aromatic rings. The predicted molar refractivity (Wildman–Crippen MR) is 70.2 cm³/mol. The van der Waals surface area contributed by atoms with Gasteiger partial charge in [-0.3, -0.25) is 0 Å². The number of hydrogen-bond donors (Lipinski definition) is 0. The van der Waals surface area contributed by atoms with Crippen molar-refractivity contribution in [3.8, 4) is 12.1 Å². The molecule has 1 atom stereocenters. The topological polar surface area (TPSA) is 56.8 Å². The van der Waals surface area contributed by atoms with Crippen LogP contribution in [-0.2, 0) is 11.3 Å². The second-order valence-electron chi connectivity index (χ2n) is 4.01. The molecular weight excluding hydrogens is 224 g/mol. The molecule has 3 nitrogen and oxygen atoms in total. The zero-order valence-corrected chi connectivity index (χ0v) is 10.7. The van der Waals surface area contributed by atoms with Crippen molar-refractivity contribution in [3.63, 3.8) is 0 Å². The normalized spacial score (nSPS) is 11.1. The quantitative estimate of drug-likeness (QED) is 0.741. The van der Waals surface area contributed by atoms with E-state index in [1.165, 1.54) is 0 Å². The minimum Gasteiger partial charge on any atom is -0.374 e. The van der Waals surface area contributed by atoms with Crippen LogP contribution in [-0.4, -0.2) is 6.10 Å². The summed E-state index contributed by atoms with van der Waals surface area (Å²) in [6.07, 6.45) is 2.75. The Morgan fingerprint density at radius 3 is 2.61 bits per heavy atom. The lowest BCUT2D eigenvalue weighted by Gasteiger charge is -2.12. The van der Waals surface area contributed by atoms with E-state index in [1.54, 1.807) is 6.08 Å². The molecule has 0 aromatic heterocycles. The van der Waals surface area contributed by atoms with Crippen molar-refractivity contribution in [2.24, 2.45) is 0 Å². The van der Waals surface area contributed by atoms with Crippen LogP contribution < -0.4 is 0 Å². The number of benzene rings is 1. The molecule has 3 heteroatoms. The highest BCUT2D eigenvalue weighted by atomic mass is 16.5. The molecule has 0 spiro atoms. The maximum absolute atomic E-state index is 8.76. The van der Waals surface area contributed by atoms with Crippen molar-refractivity contribution in [1.82, 2.24) is 0 Å². The lowest BCUT2D eigenvalue weighted by Crippen LogP contribution is -2.06. The Balaban J connectivity index is 2.91. The first-order valence-corrected chi connectivity index (χ1v) is 5.92. The Morgan fingerprint density at radius 1 is 1.33 bits per heavy atom. The number of rotatable bonds is 5. The number of ether oxygens (including phenoxy) is 1. The van der Waals surface area contributed by atoms with Crippen LogP contribution >= 0.6 is 0 Å². The minimum atomic E-state index is 0.103. The summed E-state index contributed by atoms with van der Waals surface area (Å²) >= 11 is 0. The molecule has 1 unspecified atom stereocenters. The van der Waals surface area contributed by atoms with Gasteiger partial charge in [-0.05, 0) is 30.5 Å². The van der Waals surface area contributed by atoms with Gasteiger partial charge in [-0.25, -0.2) is 0 Å². The van der Waals surface area contributed by atoms with Gasteiger partial charge in [0, 0.05) is 0 Å². The van der Waals surface area contributed by atoms with Crippen molar-refractivity contribution in [3.05, 3.63) is 41.0 Å². The highest BCUT2D eigenvalue weighted by molar-refractivity contribution is 5.64. The summed E-state index contributed by atoms with van der Waals surface area (Å²) in [5, 5.41) is 17.5. The van der Waals surface area contributed by atoms with Gasteiger partial charge in [0.2, 0.25) is 0 Å². The van der Waals surface area contributed by atoms with Crippen molar-refractivity contribution < 1.29 is 4.74 Å². The van der Waals surface area contributed by atoms with Gasteiger partial charge in [-0.2, -0.15) is 10.5 Å².